The lowest BCUT2D eigenvalue weighted by Gasteiger charge is -2.20. The molecule has 0 radical (unpaired) electrons. The van der Waals surface area contributed by atoms with E-state index in [0.29, 0.717) is 12.5 Å². The standard InChI is InChI=1S/C10H16N2O2/c1-7-9(5-11)10(14-12-7)8-3-2-4-13-6-8/h8H,2-6,11H2,1H3. The summed E-state index contributed by atoms with van der Waals surface area (Å²) >= 11 is 0. The van der Waals surface area contributed by atoms with Crippen molar-refractivity contribution < 1.29 is 9.26 Å². The lowest BCUT2D eigenvalue weighted by Crippen LogP contribution is -2.16. The lowest BCUT2D eigenvalue weighted by atomic mass is 9.96. The fourth-order valence-electron chi connectivity index (χ4n) is 1.92. The molecule has 78 valence electrons. The molecule has 0 bridgehead atoms. The van der Waals surface area contributed by atoms with E-state index in [1.54, 1.807) is 0 Å². The molecule has 1 saturated heterocycles. The minimum Gasteiger partial charge on any atom is -0.381 e. The van der Waals surface area contributed by atoms with E-state index in [4.69, 9.17) is 15.0 Å². The molecule has 0 aromatic carbocycles. The molecule has 2 rings (SSSR count). The van der Waals surface area contributed by atoms with Crippen LogP contribution in [0.15, 0.2) is 4.52 Å². The van der Waals surface area contributed by atoms with Crippen LogP contribution in [0, 0.1) is 6.92 Å². The summed E-state index contributed by atoms with van der Waals surface area (Å²) in [7, 11) is 0. The minimum absolute atomic E-state index is 0.350. The van der Waals surface area contributed by atoms with Gasteiger partial charge in [-0.1, -0.05) is 5.16 Å². The van der Waals surface area contributed by atoms with Crippen LogP contribution in [0.2, 0.25) is 0 Å². The summed E-state index contributed by atoms with van der Waals surface area (Å²) in [5.41, 5.74) is 7.63. The van der Waals surface area contributed by atoms with Crippen LogP contribution in [0.4, 0.5) is 0 Å². The van der Waals surface area contributed by atoms with E-state index < -0.39 is 0 Å². The van der Waals surface area contributed by atoms with Crippen molar-refractivity contribution in [1.29, 1.82) is 0 Å². The molecule has 2 heterocycles. The Morgan fingerprint density at radius 3 is 3.07 bits per heavy atom. The van der Waals surface area contributed by atoms with E-state index in [2.05, 4.69) is 5.16 Å². The smallest absolute Gasteiger partial charge is 0.146 e. The van der Waals surface area contributed by atoms with E-state index in [-0.39, 0.29) is 0 Å². The molecule has 4 heteroatoms. The molecular weight excluding hydrogens is 180 g/mol. The zero-order chi connectivity index (χ0) is 9.97. The summed E-state index contributed by atoms with van der Waals surface area (Å²) < 4.78 is 10.7. The zero-order valence-corrected chi connectivity index (χ0v) is 8.45. The van der Waals surface area contributed by atoms with Crippen LogP contribution in [0.25, 0.3) is 0 Å². The molecule has 0 amide bonds. The Morgan fingerprint density at radius 2 is 2.43 bits per heavy atom. The van der Waals surface area contributed by atoms with Crippen molar-refractivity contribution in [3.8, 4) is 0 Å². The zero-order valence-electron chi connectivity index (χ0n) is 8.45. The number of hydrogen-bond acceptors (Lipinski definition) is 4. The predicted octanol–water partition coefficient (Wildman–Crippen LogP) is 1.34. The number of ether oxygens (including phenoxy) is 1. The molecule has 1 fully saturated rings. The van der Waals surface area contributed by atoms with Crippen LogP contribution < -0.4 is 5.73 Å². The van der Waals surface area contributed by atoms with Gasteiger partial charge in [-0.3, -0.25) is 0 Å². The van der Waals surface area contributed by atoms with E-state index in [1.165, 1.54) is 0 Å². The van der Waals surface area contributed by atoms with Gasteiger partial charge in [0.15, 0.2) is 0 Å². The first-order valence-corrected chi connectivity index (χ1v) is 5.05. The molecule has 1 aromatic heterocycles. The highest BCUT2D eigenvalue weighted by Crippen LogP contribution is 2.29. The average Bonchev–Trinajstić information content (AvgIpc) is 2.61. The quantitative estimate of drug-likeness (QED) is 0.775. The molecule has 1 aliphatic rings. The number of nitrogens with zero attached hydrogens (tertiary/aromatic N) is 1. The van der Waals surface area contributed by atoms with Crippen LogP contribution in [-0.2, 0) is 11.3 Å². The predicted molar refractivity (Wildman–Crippen MR) is 51.9 cm³/mol. The Balaban J connectivity index is 2.21. The van der Waals surface area contributed by atoms with Gasteiger partial charge in [0.05, 0.1) is 12.3 Å². The minimum atomic E-state index is 0.350. The fourth-order valence-corrected chi connectivity index (χ4v) is 1.92. The van der Waals surface area contributed by atoms with Gasteiger partial charge in [-0.05, 0) is 19.8 Å². The first kappa shape index (κ1) is 9.68. The Labute approximate surface area is 83.4 Å². The van der Waals surface area contributed by atoms with Crippen molar-refractivity contribution in [1.82, 2.24) is 5.16 Å². The lowest BCUT2D eigenvalue weighted by molar-refractivity contribution is 0.0718. The van der Waals surface area contributed by atoms with Crippen LogP contribution in [0.5, 0.6) is 0 Å². The van der Waals surface area contributed by atoms with E-state index in [1.807, 2.05) is 6.92 Å². The summed E-state index contributed by atoms with van der Waals surface area (Å²) in [6.07, 6.45) is 2.20. The monoisotopic (exact) mass is 196 g/mol. The maximum atomic E-state index is 5.66. The Kier molecular flexibility index (Phi) is 2.84. The van der Waals surface area contributed by atoms with Gasteiger partial charge in [0.25, 0.3) is 0 Å². The third-order valence-corrected chi connectivity index (χ3v) is 2.75. The van der Waals surface area contributed by atoms with E-state index >= 15 is 0 Å². The molecule has 1 atom stereocenters. The second-order valence-electron chi connectivity index (χ2n) is 3.73. The molecule has 1 unspecified atom stereocenters. The van der Waals surface area contributed by atoms with Gasteiger partial charge in [0.1, 0.15) is 5.76 Å². The van der Waals surface area contributed by atoms with Crippen molar-refractivity contribution in [2.24, 2.45) is 5.73 Å². The summed E-state index contributed by atoms with van der Waals surface area (Å²) in [6, 6.07) is 0. The molecule has 0 saturated carbocycles. The SMILES string of the molecule is Cc1noc(C2CCCOC2)c1CN. The van der Waals surface area contributed by atoms with Gasteiger partial charge >= 0.3 is 0 Å². The van der Waals surface area contributed by atoms with Crippen molar-refractivity contribution in [3.05, 3.63) is 17.0 Å². The first-order chi connectivity index (χ1) is 6.83. The van der Waals surface area contributed by atoms with Gasteiger partial charge in [0.2, 0.25) is 0 Å². The van der Waals surface area contributed by atoms with Gasteiger partial charge in [-0.15, -0.1) is 0 Å². The maximum absolute atomic E-state index is 5.66. The highest BCUT2D eigenvalue weighted by Gasteiger charge is 2.24. The first-order valence-electron chi connectivity index (χ1n) is 5.05. The van der Waals surface area contributed by atoms with Gasteiger partial charge in [-0.25, -0.2) is 0 Å². The highest BCUT2D eigenvalue weighted by molar-refractivity contribution is 5.24. The molecule has 0 aliphatic carbocycles. The van der Waals surface area contributed by atoms with Crippen molar-refractivity contribution in [2.75, 3.05) is 13.2 Å². The van der Waals surface area contributed by atoms with Crippen LogP contribution >= 0.6 is 0 Å². The number of hydrogen-bond donors (Lipinski definition) is 1. The molecule has 14 heavy (non-hydrogen) atoms. The van der Waals surface area contributed by atoms with Gasteiger partial charge in [-0.2, -0.15) is 0 Å². The third-order valence-electron chi connectivity index (χ3n) is 2.75. The molecule has 0 spiro atoms. The Morgan fingerprint density at radius 1 is 1.57 bits per heavy atom. The normalized spacial score (nSPS) is 22.6. The number of nitrogens with two attached hydrogens (primary N) is 1. The second-order valence-corrected chi connectivity index (χ2v) is 3.73. The molecule has 1 aromatic rings. The van der Waals surface area contributed by atoms with E-state index in [9.17, 15) is 0 Å². The number of aryl methyl sites for hydroxylation is 1. The molecule has 4 nitrogen and oxygen atoms in total. The molecule has 2 N–H and O–H groups in total. The summed E-state index contributed by atoms with van der Waals surface area (Å²) in [5, 5.41) is 3.95. The molecular formula is C10H16N2O2. The van der Waals surface area contributed by atoms with Crippen molar-refractivity contribution >= 4 is 0 Å². The van der Waals surface area contributed by atoms with E-state index in [0.717, 1.165) is 43.1 Å². The highest BCUT2D eigenvalue weighted by atomic mass is 16.5. The fraction of sp³-hybridized carbons (Fsp3) is 0.700. The summed E-state index contributed by atoms with van der Waals surface area (Å²) in [6.45, 7) is 4.03. The summed E-state index contributed by atoms with van der Waals surface area (Å²) in [5.74, 6) is 1.29. The molecule has 1 aliphatic heterocycles. The second kappa shape index (κ2) is 4.11. The van der Waals surface area contributed by atoms with Crippen LogP contribution in [0.1, 0.15) is 35.8 Å². The average molecular weight is 196 g/mol. The third kappa shape index (κ3) is 1.67. The Hall–Kier alpha value is -0.870. The maximum Gasteiger partial charge on any atom is 0.146 e. The number of aromatic nitrogens is 1. The Bertz CT molecular complexity index is 303. The summed E-state index contributed by atoms with van der Waals surface area (Å²) in [4.78, 5) is 0. The topological polar surface area (TPSA) is 61.3 Å². The van der Waals surface area contributed by atoms with Crippen LogP contribution in [-0.4, -0.2) is 18.4 Å². The van der Waals surface area contributed by atoms with Crippen LogP contribution in [0.3, 0.4) is 0 Å². The van der Waals surface area contributed by atoms with Gasteiger partial charge in [0, 0.05) is 24.6 Å². The van der Waals surface area contributed by atoms with Crippen molar-refractivity contribution in [3.63, 3.8) is 0 Å². The largest absolute Gasteiger partial charge is 0.381 e. The van der Waals surface area contributed by atoms with Gasteiger partial charge < -0.3 is 15.0 Å². The van der Waals surface area contributed by atoms with Crippen molar-refractivity contribution in [2.45, 2.75) is 32.2 Å². The number of rotatable bonds is 2.